The van der Waals surface area contributed by atoms with Gasteiger partial charge in [0.2, 0.25) is 5.91 Å². The zero-order valence-corrected chi connectivity index (χ0v) is 18.8. The van der Waals surface area contributed by atoms with Gasteiger partial charge in [0.25, 0.3) is 5.91 Å². The third kappa shape index (κ3) is 5.01. The smallest absolute Gasteiger partial charge is 0.347 e. The average molecular weight is 502 g/mol. The fraction of sp³-hybridized carbons (Fsp3) is 0.435. The molecule has 1 aliphatic carbocycles. The molecule has 0 unspecified atom stereocenters. The molecule has 1 aromatic carbocycles. The van der Waals surface area contributed by atoms with Crippen molar-refractivity contribution in [2.75, 3.05) is 6.54 Å². The SMILES string of the molecule is C[C@@H]1C[C@H](C(=O)N[C@@H](c2cc(F)c(Cl)cc2F)C2CC2)N(C(=O)c2cccc(C(F)(F)F)n2)C1. The molecular formula is C23H21ClF5N3O2. The molecule has 1 aromatic heterocycles. The Kier molecular flexibility index (Phi) is 6.54. The largest absolute Gasteiger partial charge is 0.433 e. The third-order valence-electron chi connectivity index (χ3n) is 6.10. The quantitative estimate of drug-likeness (QED) is 0.455. The minimum absolute atomic E-state index is 0.0405. The van der Waals surface area contributed by atoms with E-state index in [1.807, 2.05) is 0 Å². The number of hydrogen-bond acceptors (Lipinski definition) is 3. The Balaban J connectivity index is 1.57. The van der Waals surface area contributed by atoms with Crippen molar-refractivity contribution in [3.8, 4) is 0 Å². The Bertz CT molecular complexity index is 1120. The number of rotatable bonds is 5. The minimum atomic E-state index is -4.72. The van der Waals surface area contributed by atoms with Crippen LogP contribution in [0, 0.1) is 23.5 Å². The molecule has 2 aliphatic rings. The number of hydrogen-bond donors (Lipinski definition) is 1. The molecule has 0 bridgehead atoms. The molecule has 1 saturated carbocycles. The summed E-state index contributed by atoms with van der Waals surface area (Å²) in [5, 5.41) is 2.36. The standard InChI is InChI=1S/C23H21ClF5N3O2/c1-11-7-18(32(10-11)22(34)17-3-2-4-19(30-17)23(27,28)29)21(33)31-20(12-5-6-12)13-8-16(26)14(24)9-15(13)25/h2-4,8-9,11-12,18,20H,5-7,10H2,1H3,(H,31,33)/t11-,18-,20-/m1/s1. The van der Waals surface area contributed by atoms with Crippen LogP contribution in [0.1, 0.15) is 54.0 Å². The first-order chi connectivity index (χ1) is 16.0. The lowest BCUT2D eigenvalue weighted by atomic mass is 10.00. The molecule has 11 heteroatoms. The van der Waals surface area contributed by atoms with Gasteiger partial charge in [-0.15, -0.1) is 0 Å². The number of aromatic nitrogens is 1. The van der Waals surface area contributed by atoms with Crippen molar-refractivity contribution < 1.29 is 31.5 Å². The van der Waals surface area contributed by atoms with Crippen molar-refractivity contribution in [3.63, 3.8) is 0 Å². The summed E-state index contributed by atoms with van der Waals surface area (Å²) in [7, 11) is 0. The van der Waals surface area contributed by atoms with E-state index in [0.717, 1.165) is 30.3 Å². The van der Waals surface area contributed by atoms with E-state index in [1.165, 1.54) is 4.90 Å². The summed E-state index contributed by atoms with van der Waals surface area (Å²) in [4.78, 5) is 30.8. The Morgan fingerprint density at radius 3 is 2.53 bits per heavy atom. The van der Waals surface area contributed by atoms with Gasteiger partial charge in [-0.2, -0.15) is 13.2 Å². The Labute approximate surface area is 197 Å². The van der Waals surface area contributed by atoms with E-state index in [0.29, 0.717) is 12.8 Å². The Morgan fingerprint density at radius 1 is 1.18 bits per heavy atom. The molecule has 0 spiro atoms. The second kappa shape index (κ2) is 9.13. The van der Waals surface area contributed by atoms with Gasteiger partial charge >= 0.3 is 6.18 Å². The molecule has 1 aliphatic heterocycles. The number of carbonyl (C=O) groups is 2. The monoisotopic (exact) mass is 501 g/mol. The van der Waals surface area contributed by atoms with E-state index >= 15 is 0 Å². The number of pyridine rings is 1. The molecule has 2 fully saturated rings. The lowest BCUT2D eigenvalue weighted by Crippen LogP contribution is -2.47. The van der Waals surface area contributed by atoms with Crippen LogP contribution in [0.3, 0.4) is 0 Å². The van der Waals surface area contributed by atoms with E-state index in [1.54, 1.807) is 6.92 Å². The van der Waals surface area contributed by atoms with Crippen LogP contribution in [0.25, 0.3) is 0 Å². The van der Waals surface area contributed by atoms with Gasteiger partial charge in [-0.05, 0) is 55.4 Å². The second-order valence-electron chi connectivity index (χ2n) is 8.83. The third-order valence-corrected chi connectivity index (χ3v) is 6.39. The number of nitrogens with zero attached hydrogens (tertiary/aromatic N) is 2. The molecule has 5 nitrogen and oxygen atoms in total. The van der Waals surface area contributed by atoms with Crippen molar-refractivity contribution in [2.24, 2.45) is 11.8 Å². The number of alkyl halides is 3. The van der Waals surface area contributed by atoms with Crippen LogP contribution in [0.4, 0.5) is 22.0 Å². The zero-order valence-electron chi connectivity index (χ0n) is 18.0. The molecule has 4 rings (SSSR count). The van der Waals surface area contributed by atoms with Crippen LogP contribution in [0.2, 0.25) is 5.02 Å². The van der Waals surface area contributed by atoms with Crippen LogP contribution in [0.15, 0.2) is 30.3 Å². The van der Waals surface area contributed by atoms with E-state index < -0.39 is 53.1 Å². The Morgan fingerprint density at radius 2 is 1.88 bits per heavy atom. The summed E-state index contributed by atoms with van der Waals surface area (Å²) in [6.07, 6.45) is -3.05. The van der Waals surface area contributed by atoms with Gasteiger partial charge in [-0.25, -0.2) is 13.8 Å². The molecule has 2 heterocycles. The lowest BCUT2D eigenvalue weighted by molar-refractivity contribution is -0.141. The first kappa shape index (κ1) is 24.4. The second-order valence-corrected chi connectivity index (χ2v) is 9.24. The number of benzene rings is 1. The first-order valence-electron chi connectivity index (χ1n) is 10.8. The van der Waals surface area contributed by atoms with E-state index in [9.17, 15) is 31.5 Å². The molecule has 0 radical (unpaired) electrons. The summed E-state index contributed by atoms with van der Waals surface area (Å²) < 4.78 is 67.7. The van der Waals surface area contributed by atoms with E-state index in [2.05, 4.69) is 10.3 Å². The topological polar surface area (TPSA) is 62.3 Å². The van der Waals surface area contributed by atoms with Gasteiger partial charge in [-0.1, -0.05) is 24.6 Å². The molecule has 34 heavy (non-hydrogen) atoms. The number of carbonyl (C=O) groups excluding carboxylic acids is 2. The summed E-state index contributed by atoms with van der Waals surface area (Å²) >= 11 is 5.64. The molecule has 1 N–H and O–H groups in total. The van der Waals surface area contributed by atoms with Gasteiger partial charge in [-0.3, -0.25) is 9.59 Å². The summed E-state index contributed by atoms with van der Waals surface area (Å²) in [5.74, 6) is -3.18. The number of amides is 2. The summed E-state index contributed by atoms with van der Waals surface area (Å²) in [6, 6.07) is 2.99. The molecule has 3 atom stereocenters. The van der Waals surface area contributed by atoms with Crippen LogP contribution in [0.5, 0.6) is 0 Å². The van der Waals surface area contributed by atoms with Crippen molar-refractivity contribution in [1.29, 1.82) is 0 Å². The van der Waals surface area contributed by atoms with Gasteiger partial charge in [0.1, 0.15) is 29.1 Å². The molecule has 2 amide bonds. The maximum Gasteiger partial charge on any atom is 0.433 e. The number of halogens is 6. The minimum Gasteiger partial charge on any atom is -0.347 e. The molecule has 2 aromatic rings. The van der Waals surface area contributed by atoms with Crippen molar-refractivity contribution in [3.05, 3.63) is 63.9 Å². The fourth-order valence-electron chi connectivity index (χ4n) is 4.28. The van der Waals surface area contributed by atoms with Gasteiger partial charge in [0, 0.05) is 12.1 Å². The normalized spacial score (nSPS) is 21.4. The average Bonchev–Trinajstić information content (AvgIpc) is 3.54. The predicted molar refractivity (Wildman–Crippen MR) is 113 cm³/mol. The highest BCUT2D eigenvalue weighted by atomic mass is 35.5. The lowest BCUT2D eigenvalue weighted by Gasteiger charge is -2.27. The fourth-order valence-corrected chi connectivity index (χ4v) is 4.43. The highest BCUT2D eigenvalue weighted by Gasteiger charge is 2.42. The highest BCUT2D eigenvalue weighted by Crippen LogP contribution is 2.43. The summed E-state index contributed by atoms with van der Waals surface area (Å²) in [6.45, 7) is 1.95. The van der Waals surface area contributed by atoms with Crippen molar-refractivity contribution >= 4 is 23.4 Å². The van der Waals surface area contributed by atoms with Gasteiger partial charge < -0.3 is 10.2 Å². The molecule has 182 valence electrons. The van der Waals surface area contributed by atoms with E-state index in [4.69, 9.17) is 11.6 Å². The van der Waals surface area contributed by atoms with Crippen molar-refractivity contribution in [2.45, 2.75) is 44.4 Å². The Hall–Kier alpha value is -2.75. The summed E-state index contributed by atoms with van der Waals surface area (Å²) in [5.41, 5.74) is -1.67. The highest BCUT2D eigenvalue weighted by molar-refractivity contribution is 6.30. The van der Waals surface area contributed by atoms with E-state index in [-0.39, 0.29) is 35.4 Å². The van der Waals surface area contributed by atoms with Crippen molar-refractivity contribution in [1.82, 2.24) is 15.2 Å². The van der Waals surface area contributed by atoms with Crippen LogP contribution in [-0.2, 0) is 11.0 Å². The number of nitrogens with one attached hydrogen (secondary N) is 1. The van der Waals surface area contributed by atoms with Crippen LogP contribution in [-0.4, -0.2) is 34.3 Å². The number of likely N-dealkylation sites (tertiary alicyclic amines) is 1. The van der Waals surface area contributed by atoms with Crippen LogP contribution < -0.4 is 5.32 Å². The predicted octanol–water partition coefficient (Wildman–Crippen LogP) is 5.15. The molecular weight excluding hydrogens is 481 g/mol. The first-order valence-corrected chi connectivity index (χ1v) is 11.1. The maximum atomic E-state index is 14.6. The van der Waals surface area contributed by atoms with Gasteiger partial charge in [0.15, 0.2) is 0 Å². The zero-order chi connectivity index (χ0) is 24.8. The maximum absolute atomic E-state index is 14.6. The molecule has 1 saturated heterocycles. The van der Waals surface area contributed by atoms with Gasteiger partial charge in [0.05, 0.1) is 11.1 Å². The van der Waals surface area contributed by atoms with Crippen LogP contribution >= 0.6 is 11.6 Å².